The van der Waals surface area contributed by atoms with Crippen LogP contribution in [-0.2, 0) is 48.5 Å². The van der Waals surface area contributed by atoms with E-state index in [1.165, 1.54) is 5.56 Å². The molecule has 0 fully saturated rings. The number of aryl methyl sites for hydroxylation is 3. The molecule has 0 saturated heterocycles. The summed E-state index contributed by atoms with van der Waals surface area (Å²) in [6.07, 6.45) is 4.31. The maximum absolute atomic E-state index is 13.0. The van der Waals surface area contributed by atoms with Crippen LogP contribution in [0.3, 0.4) is 0 Å². The van der Waals surface area contributed by atoms with Gasteiger partial charge in [-0.3, -0.25) is 4.79 Å². The summed E-state index contributed by atoms with van der Waals surface area (Å²) in [5.74, 6) is 1.24. The summed E-state index contributed by atoms with van der Waals surface area (Å²) in [7, 11) is 1.87. The molecule has 4 aromatic rings. The van der Waals surface area contributed by atoms with Crippen LogP contribution in [0.25, 0.3) is 11.0 Å². The van der Waals surface area contributed by atoms with Gasteiger partial charge in [0.2, 0.25) is 11.9 Å². The van der Waals surface area contributed by atoms with Crippen molar-refractivity contribution in [3.05, 3.63) is 64.8 Å². The van der Waals surface area contributed by atoms with Gasteiger partial charge in [0.05, 0.1) is 71.3 Å². The van der Waals surface area contributed by atoms with Crippen LogP contribution < -0.4 is 16.0 Å². The molecule has 292 valence electrons. The lowest BCUT2D eigenvalue weighted by atomic mass is 9.99. The second-order valence-electron chi connectivity index (χ2n) is 13.1. The third-order valence-corrected chi connectivity index (χ3v) is 8.96. The highest BCUT2D eigenvalue weighted by Gasteiger charge is 2.21. The van der Waals surface area contributed by atoms with Gasteiger partial charge in [0.25, 0.3) is 0 Å². The molecule has 15 heteroatoms. The Morgan fingerprint density at radius 3 is 2.28 bits per heavy atom. The molecule has 2 aromatic carbocycles. The van der Waals surface area contributed by atoms with E-state index in [0.717, 1.165) is 52.7 Å². The van der Waals surface area contributed by atoms with Crippen molar-refractivity contribution in [2.75, 3.05) is 83.2 Å². The van der Waals surface area contributed by atoms with Crippen molar-refractivity contribution in [3.63, 3.8) is 0 Å². The van der Waals surface area contributed by atoms with Gasteiger partial charge in [0.15, 0.2) is 11.5 Å². The number of fused-ring (bicyclic) bond motifs is 2. The molecule has 3 heterocycles. The van der Waals surface area contributed by atoms with Crippen molar-refractivity contribution in [3.8, 4) is 0 Å². The third-order valence-electron chi connectivity index (χ3n) is 8.96. The molecule has 0 spiro atoms. The number of carbonyl (C=O) groups excluding carboxylic acids is 2. The molecular formula is C39H54N8O7. The summed E-state index contributed by atoms with van der Waals surface area (Å²) in [6.45, 7) is 11.5. The standard InChI is InChI=1S/C39H54N8O7/c1-5-6-16-54-39(49)40-14-18-51-20-22-53-24-23-52-21-19-50-17-13-34(48)47-15-12-30-10-11-32(25-31(30)27-47)42-38-41-26-33-36(45-46(4)37(33)44-38)43-35-28(2)8-7-9-29(35)3/h7-11,25-26H,5-6,12-24,27H2,1-4H3,(H,40,49)(H,43,45)(H,41,42,44). The van der Waals surface area contributed by atoms with Crippen LogP contribution in [-0.4, -0.2) is 109 Å². The summed E-state index contributed by atoms with van der Waals surface area (Å²) in [4.78, 5) is 35.7. The first kappa shape index (κ1) is 40.4. The Morgan fingerprint density at radius 2 is 1.56 bits per heavy atom. The van der Waals surface area contributed by atoms with Crippen LogP contribution in [0, 0.1) is 13.8 Å². The molecule has 0 aliphatic carbocycles. The molecule has 0 saturated carbocycles. The SMILES string of the molecule is CCCCOC(=O)NCCOCCOCCOCCOCCC(=O)N1CCc2ccc(Nc3ncc4c(Nc5c(C)cccc5C)nn(C)c4n3)cc2C1. The van der Waals surface area contributed by atoms with Crippen LogP contribution in [0.4, 0.5) is 27.9 Å². The number of unbranched alkanes of at least 4 members (excludes halogenated alkanes) is 1. The van der Waals surface area contributed by atoms with Gasteiger partial charge in [-0.25, -0.2) is 14.5 Å². The molecule has 5 rings (SSSR count). The minimum atomic E-state index is -0.419. The number of benzene rings is 2. The van der Waals surface area contributed by atoms with Gasteiger partial charge in [-0.1, -0.05) is 37.6 Å². The number of hydrogen-bond acceptors (Lipinski definition) is 12. The lowest BCUT2D eigenvalue weighted by molar-refractivity contribution is -0.133. The Labute approximate surface area is 317 Å². The van der Waals surface area contributed by atoms with Gasteiger partial charge in [0, 0.05) is 44.3 Å². The number of rotatable bonds is 22. The highest BCUT2D eigenvalue weighted by molar-refractivity contribution is 5.90. The number of amides is 2. The predicted molar refractivity (Wildman–Crippen MR) is 207 cm³/mol. The van der Waals surface area contributed by atoms with Gasteiger partial charge in [0.1, 0.15) is 0 Å². The van der Waals surface area contributed by atoms with Crippen molar-refractivity contribution in [1.82, 2.24) is 30.0 Å². The normalized spacial score (nSPS) is 12.5. The second-order valence-corrected chi connectivity index (χ2v) is 13.1. The van der Waals surface area contributed by atoms with E-state index in [-0.39, 0.29) is 5.91 Å². The third kappa shape index (κ3) is 12.1. The molecule has 0 unspecified atom stereocenters. The molecule has 0 radical (unpaired) electrons. The van der Waals surface area contributed by atoms with Crippen molar-refractivity contribution < 1.29 is 33.3 Å². The average molecular weight is 747 g/mol. The lowest BCUT2D eigenvalue weighted by Crippen LogP contribution is -2.36. The molecule has 0 bridgehead atoms. The number of carbonyl (C=O) groups is 2. The average Bonchev–Trinajstić information content (AvgIpc) is 3.48. The van der Waals surface area contributed by atoms with Crippen LogP contribution in [0.1, 0.15) is 48.4 Å². The first-order valence-corrected chi connectivity index (χ1v) is 18.7. The fraction of sp³-hybridized carbons (Fsp3) is 0.513. The summed E-state index contributed by atoms with van der Waals surface area (Å²) in [6, 6.07) is 12.4. The molecule has 2 aromatic heterocycles. The minimum Gasteiger partial charge on any atom is -0.450 e. The Balaban J connectivity index is 0.951. The maximum Gasteiger partial charge on any atom is 0.407 e. The quantitative estimate of drug-likeness (QED) is 0.0888. The van der Waals surface area contributed by atoms with Gasteiger partial charge in [-0.15, -0.1) is 0 Å². The zero-order valence-corrected chi connectivity index (χ0v) is 31.9. The predicted octanol–water partition coefficient (Wildman–Crippen LogP) is 5.33. The molecular weight excluding hydrogens is 692 g/mol. The molecule has 3 N–H and O–H groups in total. The summed E-state index contributed by atoms with van der Waals surface area (Å²) in [5.41, 5.74) is 7.20. The van der Waals surface area contributed by atoms with Crippen LogP contribution in [0.5, 0.6) is 0 Å². The van der Waals surface area contributed by atoms with Crippen molar-refractivity contribution >= 4 is 46.2 Å². The minimum absolute atomic E-state index is 0.0635. The van der Waals surface area contributed by atoms with Crippen molar-refractivity contribution in [1.29, 1.82) is 0 Å². The number of aromatic nitrogens is 4. The van der Waals surface area contributed by atoms with Crippen molar-refractivity contribution in [2.45, 2.75) is 53.0 Å². The van der Waals surface area contributed by atoms with Crippen LogP contribution in [0.2, 0.25) is 0 Å². The Hall–Kier alpha value is -4.83. The van der Waals surface area contributed by atoms with Gasteiger partial charge in [-0.2, -0.15) is 10.1 Å². The number of ether oxygens (including phenoxy) is 5. The number of hydrogen-bond donors (Lipinski definition) is 3. The molecule has 1 aliphatic rings. The summed E-state index contributed by atoms with van der Waals surface area (Å²) < 4.78 is 28.9. The van der Waals surface area contributed by atoms with E-state index in [4.69, 9.17) is 28.7 Å². The zero-order chi connectivity index (χ0) is 38.1. The first-order chi connectivity index (χ1) is 26.3. The molecule has 2 amide bonds. The van der Waals surface area contributed by atoms with E-state index in [2.05, 4.69) is 64.1 Å². The molecule has 54 heavy (non-hydrogen) atoms. The fourth-order valence-electron chi connectivity index (χ4n) is 5.96. The number of anilines is 4. The summed E-state index contributed by atoms with van der Waals surface area (Å²) >= 11 is 0. The van der Waals surface area contributed by atoms with Crippen LogP contribution in [0.15, 0.2) is 42.6 Å². The van der Waals surface area contributed by atoms with E-state index < -0.39 is 6.09 Å². The van der Waals surface area contributed by atoms with E-state index in [1.807, 2.05) is 31.0 Å². The van der Waals surface area contributed by atoms with Gasteiger partial charge < -0.3 is 44.5 Å². The number of nitrogens with one attached hydrogen (secondary N) is 3. The number of alkyl carbamates (subject to hydrolysis) is 1. The largest absolute Gasteiger partial charge is 0.450 e. The Morgan fingerprint density at radius 1 is 0.852 bits per heavy atom. The monoisotopic (exact) mass is 746 g/mol. The summed E-state index contributed by atoms with van der Waals surface area (Å²) in [5, 5.41) is 14.9. The highest BCUT2D eigenvalue weighted by atomic mass is 16.6. The topological polar surface area (TPSA) is 163 Å². The van der Waals surface area contributed by atoms with E-state index in [0.29, 0.717) is 103 Å². The Bertz CT molecular complexity index is 1800. The molecule has 15 nitrogen and oxygen atoms in total. The molecule has 1 aliphatic heterocycles. The Kier molecular flexibility index (Phi) is 15.8. The smallest absolute Gasteiger partial charge is 0.407 e. The number of para-hydroxylation sites is 1. The zero-order valence-electron chi connectivity index (χ0n) is 31.9. The van der Waals surface area contributed by atoms with E-state index >= 15 is 0 Å². The van der Waals surface area contributed by atoms with Crippen LogP contribution >= 0.6 is 0 Å². The second kappa shape index (κ2) is 21.2. The number of nitrogens with zero attached hydrogens (tertiary/aromatic N) is 5. The van der Waals surface area contributed by atoms with Gasteiger partial charge in [-0.05, 0) is 61.1 Å². The fourth-order valence-corrected chi connectivity index (χ4v) is 5.96. The van der Waals surface area contributed by atoms with E-state index in [9.17, 15) is 9.59 Å². The van der Waals surface area contributed by atoms with Crippen molar-refractivity contribution in [2.24, 2.45) is 7.05 Å². The van der Waals surface area contributed by atoms with E-state index in [1.54, 1.807) is 10.9 Å². The lowest BCUT2D eigenvalue weighted by Gasteiger charge is -2.29. The van der Waals surface area contributed by atoms with Gasteiger partial charge >= 0.3 is 6.09 Å². The first-order valence-electron chi connectivity index (χ1n) is 18.7. The molecule has 0 atom stereocenters. The maximum atomic E-state index is 13.0. The highest BCUT2D eigenvalue weighted by Crippen LogP contribution is 2.29.